The summed E-state index contributed by atoms with van der Waals surface area (Å²) < 4.78 is 0. The summed E-state index contributed by atoms with van der Waals surface area (Å²) in [6.07, 6.45) is 0. The van der Waals surface area contributed by atoms with Crippen molar-refractivity contribution in [3.05, 3.63) is 0 Å². The van der Waals surface area contributed by atoms with Crippen LogP contribution in [0.4, 0.5) is 0 Å². The van der Waals surface area contributed by atoms with E-state index >= 15 is 0 Å². The van der Waals surface area contributed by atoms with Gasteiger partial charge in [0.25, 0.3) is 0 Å². The van der Waals surface area contributed by atoms with E-state index in [1.165, 1.54) is 21.7 Å². The first kappa shape index (κ1) is 6.10. The zero-order chi connectivity index (χ0) is 4.50. The average Bonchev–Trinajstić information content (AvgIpc) is 0.722. The van der Waals surface area contributed by atoms with Crippen LogP contribution in [0.3, 0.4) is 0 Å². The van der Waals surface area contributed by atoms with Gasteiger partial charge in [-0.3, -0.25) is 0 Å². The monoisotopic (exact) mass is 211 g/mol. The van der Waals surface area contributed by atoms with Gasteiger partial charge in [-0.15, -0.1) is 0 Å². The zero-order valence-corrected chi connectivity index (χ0v) is 6.23. The summed E-state index contributed by atoms with van der Waals surface area (Å²) in [5, 5.41) is -2.06. The molecule has 0 aromatic rings. The second kappa shape index (κ2) is 1.70. The molecule has 0 saturated heterocycles. The predicted octanol–water partition coefficient (Wildman–Crippen LogP) is -1.83. The molecule has 0 heterocycles. The molecule has 0 aromatic carbocycles. The fraction of sp³-hybridized carbons (Fsp3) is 0. The Kier molecular flexibility index (Phi) is 2.07. The Morgan fingerprint density at radius 3 is 1.20 bits per heavy atom. The molecule has 0 fully saturated rings. The van der Waals surface area contributed by atoms with Gasteiger partial charge in [0, 0.05) is 0 Å². The molecule has 0 aromatic heterocycles. The Hall–Kier alpha value is 1.10. The van der Waals surface area contributed by atoms with Crippen molar-refractivity contribution in [3.8, 4) is 0 Å². The van der Waals surface area contributed by atoms with Crippen LogP contribution < -0.4 is 16.5 Å². The van der Waals surface area contributed by atoms with E-state index in [4.69, 9.17) is 16.5 Å². The summed E-state index contributed by atoms with van der Waals surface area (Å²) in [6.45, 7) is 0. The Balaban J connectivity index is 3.02. The van der Waals surface area contributed by atoms with Crippen molar-refractivity contribution in [2.45, 2.75) is 0 Å². The van der Waals surface area contributed by atoms with E-state index in [2.05, 4.69) is 0 Å². The molecule has 0 atom stereocenters. The molecule has 0 saturated carbocycles. The molecule has 0 radical (unpaired) electrons. The molecule has 6 N–H and O–H groups in total. The Morgan fingerprint density at radius 2 is 1.20 bits per heavy atom. The molecule has 0 aliphatic heterocycles. The minimum absolute atomic E-state index is 1.34. The molecule has 0 rings (SSSR count). The SMILES string of the molecule is N[PH](N)(N)[TeH]. The molecule has 0 bridgehead atoms. The Bertz CT molecular complexity index is 22.4. The summed E-state index contributed by atoms with van der Waals surface area (Å²) in [6, 6.07) is 0. The van der Waals surface area contributed by atoms with Crippen molar-refractivity contribution in [3.63, 3.8) is 0 Å². The van der Waals surface area contributed by atoms with Crippen LogP contribution in [0.1, 0.15) is 0 Å². The summed E-state index contributed by atoms with van der Waals surface area (Å²) in [5.41, 5.74) is 15.2. The third-order valence-electron chi connectivity index (χ3n) is 0. The average molecular weight is 209 g/mol. The van der Waals surface area contributed by atoms with Crippen LogP contribution in [0.5, 0.6) is 0 Å². The first-order valence-electron chi connectivity index (χ1n) is 1.09. The molecule has 0 aliphatic rings. The summed E-state index contributed by atoms with van der Waals surface area (Å²) in [7, 11) is 0. The van der Waals surface area contributed by atoms with E-state index in [-0.39, 0.29) is 0 Å². The molecule has 0 amide bonds. The van der Waals surface area contributed by atoms with Crippen LogP contribution in [-0.4, -0.2) is 21.7 Å². The molecule has 3 nitrogen and oxygen atoms in total. The van der Waals surface area contributed by atoms with Gasteiger partial charge in [-0.1, -0.05) is 0 Å². The van der Waals surface area contributed by atoms with Gasteiger partial charge in [0.05, 0.1) is 0 Å². The quantitative estimate of drug-likeness (QED) is 0.324. The third-order valence-corrected chi connectivity index (χ3v) is 0. The fourth-order valence-electron chi connectivity index (χ4n) is 0. The van der Waals surface area contributed by atoms with E-state index in [1.54, 1.807) is 0 Å². The van der Waals surface area contributed by atoms with E-state index < -0.39 is 5.41 Å². The van der Waals surface area contributed by atoms with Gasteiger partial charge in [0.1, 0.15) is 0 Å². The predicted molar refractivity (Wildman–Crippen MR) is 28.0 cm³/mol. The van der Waals surface area contributed by atoms with Crippen LogP contribution in [0.25, 0.3) is 0 Å². The second-order valence-electron chi connectivity index (χ2n) is 0.887. The van der Waals surface area contributed by atoms with Crippen molar-refractivity contribution in [1.29, 1.82) is 0 Å². The van der Waals surface area contributed by atoms with Gasteiger partial charge < -0.3 is 0 Å². The van der Waals surface area contributed by atoms with Crippen molar-refractivity contribution in [2.75, 3.05) is 0 Å². The fourth-order valence-corrected chi connectivity index (χ4v) is 0. The standard InChI is InChI=1S/H8N3PTe/c1-4(2,3)5/h4-5H,1-3H2. The third kappa shape index (κ3) is 40.5. The van der Waals surface area contributed by atoms with Crippen LogP contribution in [0.15, 0.2) is 0 Å². The van der Waals surface area contributed by atoms with E-state index in [1.807, 2.05) is 0 Å². The molecule has 5 heavy (non-hydrogen) atoms. The first-order chi connectivity index (χ1) is 2.00. The van der Waals surface area contributed by atoms with Gasteiger partial charge in [0.15, 0.2) is 0 Å². The van der Waals surface area contributed by atoms with Crippen molar-refractivity contribution < 1.29 is 0 Å². The van der Waals surface area contributed by atoms with Crippen LogP contribution in [0.2, 0.25) is 0 Å². The normalized spacial score (nSPS) is 15.2. The Morgan fingerprint density at radius 1 is 1.20 bits per heavy atom. The molecule has 0 unspecified atom stereocenters. The minimum atomic E-state index is -2.06. The first-order valence-corrected chi connectivity index (χ1v) is 7.10. The van der Waals surface area contributed by atoms with Crippen LogP contribution in [-0.2, 0) is 0 Å². The molecule has 34 valence electrons. The Labute approximate surface area is 44.0 Å². The molecule has 0 aliphatic carbocycles. The second-order valence-corrected chi connectivity index (χ2v) is 9.29. The number of hydrogen-bond donors (Lipinski definition) is 3. The van der Waals surface area contributed by atoms with Gasteiger partial charge in [-0.2, -0.15) is 0 Å². The van der Waals surface area contributed by atoms with Gasteiger partial charge in [-0.25, -0.2) is 0 Å². The van der Waals surface area contributed by atoms with Crippen molar-refractivity contribution >= 4 is 27.2 Å². The summed E-state index contributed by atoms with van der Waals surface area (Å²) in [5.74, 6) is 0. The molecule has 5 heteroatoms. The van der Waals surface area contributed by atoms with E-state index in [9.17, 15) is 0 Å². The maximum atomic E-state index is 5.07. The van der Waals surface area contributed by atoms with Gasteiger partial charge >= 0.3 is 43.7 Å². The van der Waals surface area contributed by atoms with Crippen LogP contribution >= 0.6 is 5.41 Å². The topological polar surface area (TPSA) is 78.1 Å². The number of rotatable bonds is 0. The van der Waals surface area contributed by atoms with Crippen molar-refractivity contribution in [2.24, 2.45) is 16.5 Å². The molecular weight excluding hydrogens is 201 g/mol. The van der Waals surface area contributed by atoms with Gasteiger partial charge in [0.2, 0.25) is 0 Å². The number of hydrogen-bond acceptors (Lipinski definition) is 3. The number of nitrogens with two attached hydrogens (primary N) is 3. The maximum absolute atomic E-state index is 5.07. The van der Waals surface area contributed by atoms with Crippen LogP contribution in [0, 0.1) is 0 Å². The molecular formula is H8N3PTe. The van der Waals surface area contributed by atoms with Crippen molar-refractivity contribution in [1.82, 2.24) is 0 Å². The van der Waals surface area contributed by atoms with E-state index in [0.29, 0.717) is 0 Å². The van der Waals surface area contributed by atoms with E-state index in [0.717, 1.165) is 0 Å². The molecule has 0 spiro atoms. The van der Waals surface area contributed by atoms with Gasteiger partial charge in [-0.05, 0) is 0 Å². The summed E-state index contributed by atoms with van der Waals surface area (Å²) >= 11 is 1.34. The summed E-state index contributed by atoms with van der Waals surface area (Å²) in [4.78, 5) is 0. The zero-order valence-electron chi connectivity index (χ0n) is 2.68.